The van der Waals surface area contributed by atoms with Crippen LogP contribution in [-0.4, -0.2) is 18.9 Å². The molecule has 0 saturated heterocycles. The van der Waals surface area contributed by atoms with E-state index in [1.807, 2.05) is 31.2 Å². The molecule has 0 atom stereocenters. The minimum absolute atomic E-state index is 0.206. The van der Waals surface area contributed by atoms with E-state index in [0.29, 0.717) is 23.5 Å². The summed E-state index contributed by atoms with van der Waals surface area (Å²) in [5, 5.41) is 5.54. The van der Waals surface area contributed by atoms with Crippen LogP contribution < -0.4 is 15.4 Å². The van der Waals surface area contributed by atoms with Gasteiger partial charge in [0, 0.05) is 19.0 Å². The van der Waals surface area contributed by atoms with Crippen LogP contribution in [-0.2, 0) is 11.3 Å². The molecule has 0 aliphatic heterocycles. The number of methoxy groups -OCH3 is 1. The monoisotopic (exact) mass is 312 g/mol. The second-order valence-electron chi connectivity index (χ2n) is 5.21. The molecule has 0 aliphatic carbocycles. The van der Waals surface area contributed by atoms with E-state index in [1.54, 1.807) is 18.2 Å². The number of anilines is 1. The summed E-state index contributed by atoms with van der Waals surface area (Å²) in [5.41, 5.74) is 3.13. The Balaban J connectivity index is 2.13. The predicted molar refractivity (Wildman–Crippen MR) is 89.6 cm³/mol. The third-order valence-corrected chi connectivity index (χ3v) is 3.47. The first-order valence-electron chi connectivity index (χ1n) is 7.29. The summed E-state index contributed by atoms with van der Waals surface area (Å²) in [4.78, 5) is 23.5. The van der Waals surface area contributed by atoms with Crippen LogP contribution in [0.3, 0.4) is 0 Å². The van der Waals surface area contributed by atoms with Gasteiger partial charge in [-0.2, -0.15) is 0 Å². The highest BCUT2D eigenvalue weighted by molar-refractivity contribution is 5.97. The van der Waals surface area contributed by atoms with Crippen molar-refractivity contribution in [2.75, 3.05) is 12.4 Å². The van der Waals surface area contributed by atoms with Crippen molar-refractivity contribution >= 4 is 17.5 Å². The van der Waals surface area contributed by atoms with Gasteiger partial charge < -0.3 is 15.4 Å². The number of carbonyl (C=O) groups excluding carboxylic acids is 2. The first-order chi connectivity index (χ1) is 11.0. The van der Waals surface area contributed by atoms with Crippen molar-refractivity contribution in [3.8, 4) is 5.75 Å². The smallest absolute Gasteiger partial charge is 0.251 e. The van der Waals surface area contributed by atoms with Crippen LogP contribution in [0.1, 0.15) is 28.4 Å². The van der Waals surface area contributed by atoms with E-state index in [0.717, 1.165) is 11.1 Å². The van der Waals surface area contributed by atoms with Gasteiger partial charge in [0.05, 0.1) is 12.8 Å². The highest BCUT2D eigenvalue weighted by atomic mass is 16.5. The van der Waals surface area contributed by atoms with E-state index in [4.69, 9.17) is 4.74 Å². The maximum absolute atomic E-state index is 12.3. The molecule has 2 rings (SSSR count). The summed E-state index contributed by atoms with van der Waals surface area (Å²) in [7, 11) is 1.51. The average molecular weight is 312 g/mol. The summed E-state index contributed by atoms with van der Waals surface area (Å²) < 4.78 is 5.18. The van der Waals surface area contributed by atoms with Gasteiger partial charge in [-0.15, -0.1) is 0 Å². The Hall–Kier alpha value is -2.82. The molecule has 23 heavy (non-hydrogen) atoms. The highest BCUT2D eigenvalue weighted by Gasteiger charge is 2.11. The molecule has 5 heteroatoms. The number of hydrogen-bond donors (Lipinski definition) is 2. The largest absolute Gasteiger partial charge is 0.495 e. The normalized spacial score (nSPS) is 10.0. The van der Waals surface area contributed by atoms with Crippen molar-refractivity contribution in [1.29, 1.82) is 0 Å². The van der Waals surface area contributed by atoms with Gasteiger partial charge in [0.2, 0.25) is 5.91 Å². The van der Waals surface area contributed by atoms with Crippen molar-refractivity contribution in [1.82, 2.24) is 5.32 Å². The van der Waals surface area contributed by atoms with Crippen molar-refractivity contribution in [3.05, 3.63) is 59.2 Å². The molecule has 0 saturated carbocycles. The fraction of sp³-hybridized carbons (Fsp3) is 0.222. The zero-order chi connectivity index (χ0) is 16.8. The van der Waals surface area contributed by atoms with E-state index in [2.05, 4.69) is 10.6 Å². The van der Waals surface area contributed by atoms with Gasteiger partial charge in [0.25, 0.3) is 5.91 Å². The number of benzene rings is 2. The second kappa shape index (κ2) is 7.45. The molecule has 0 spiro atoms. The summed E-state index contributed by atoms with van der Waals surface area (Å²) in [6.07, 6.45) is 0. The lowest BCUT2D eigenvalue weighted by Crippen LogP contribution is -2.23. The molecule has 5 nitrogen and oxygen atoms in total. The SMILES string of the molecule is COc1ccc(C(=O)NCc2ccccc2C)cc1NC(C)=O. The minimum Gasteiger partial charge on any atom is -0.495 e. The van der Waals surface area contributed by atoms with Gasteiger partial charge >= 0.3 is 0 Å². The van der Waals surface area contributed by atoms with E-state index in [-0.39, 0.29) is 11.8 Å². The lowest BCUT2D eigenvalue weighted by Gasteiger charge is -2.12. The molecule has 2 aromatic carbocycles. The van der Waals surface area contributed by atoms with Gasteiger partial charge in [-0.3, -0.25) is 9.59 Å². The van der Waals surface area contributed by atoms with Crippen LogP contribution in [0.15, 0.2) is 42.5 Å². The number of nitrogens with one attached hydrogen (secondary N) is 2. The molecule has 0 unspecified atom stereocenters. The topological polar surface area (TPSA) is 67.4 Å². The summed E-state index contributed by atoms with van der Waals surface area (Å²) in [6.45, 7) is 3.86. The summed E-state index contributed by atoms with van der Waals surface area (Å²) in [5.74, 6) is 0.0823. The minimum atomic E-state index is -0.222. The number of rotatable bonds is 5. The molecular formula is C18H20N2O3. The molecule has 2 N–H and O–H groups in total. The standard InChI is InChI=1S/C18H20N2O3/c1-12-6-4-5-7-15(12)11-19-18(22)14-8-9-17(23-3)16(10-14)20-13(2)21/h4-10H,11H2,1-3H3,(H,19,22)(H,20,21). The molecule has 2 amide bonds. The molecule has 2 aromatic rings. The van der Waals surface area contributed by atoms with Gasteiger partial charge in [-0.05, 0) is 36.2 Å². The fourth-order valence-electron chi connectivity index (χ4n) is 2.22. The van der Waals surface area contributed by atoms with Crippen LogP contribution in [0.5, 0.6) is 5.75 Å². The van der Waals surface area contributed by atoms with Gasteiger partial charge in [-0.1, -0.05) is 24.3 Å². The maximum Gasteiger partial charge on any atom is 0.251 e. The Morgan fingerprint density at radius 3 is 2.52 bits per heavy atom. The van der Waals surface area contributed by atoms with Crippen LogP contribution >= 0.6 is 0 Å². The predicted octanol–water partition coefficient (Wildman–Crippen LogP) is 2.89. The Kier molecular flexibility index (Phi) is 5.36. The first kappa shape index (κ1) is 16.5. The molecule has 0 aromatic heterocycles. The Labute approximate surface area is 135 Å². The molecular weight excluding hydrogens is 292 g/mol. The fourth-order valence-corrected chi connectivity index (χ4v) is 2.22. The molecule has 0 radical (unpaired) electrons. The highest BCUT2D eigenvalue weighted by Crippen LogP contribution is 2.25. The third-order valence-electron chi connectivity index (χ3n) is 3.47. The quantitative estimate of drug-likeness (QED) is 0.892. The third kappa shape index (κ3) is 4.32. The molecule has 0 aliphatic rings. The molecule has 0 fully saturated rings. The van der Waals surface area contributed by atoms with Crippen LogP contribution in [0.4, 0.5) is 5.69 Å². The average Bonchev–Trinajstić information content (AvgIpc) is 2.53. The second-order valence-corrected chi connectivity index (χ2v) is 5.21. The van der Waals surface area contributed by atoms with E-state index < -0.39 is 0 Å². The van der Waals surface area contributed by atoms with Crippen LogP contribution in [0.25, 0.3) is 0 Å². The number of ether oxygens (including phenoxy) is 1. The Morgan fingerprint density at radius 2 is 1.87 bits per heavy atom. The Bertz CT molecular complexity index is 726. The number of aryl methyl sites for hydroxylation is 1. The summed E-state index contributed by atoms with van der Waals surface area (Å²) in [6, 6.07) is 12.8. The van der Waals surface area contributed by atoms with Crippen molar-refractivity contribution < 1.29 is 14.3 Å². The van der Waals surface area contributed by atoms with Crippen LogP contribution in [0.2, 0.25) is 0 Å². The first-order valence-corrected chi connectivity index (χ1v) is 7.29. The molecule has 120 valence electrons. The number of hydrogen-bond acceptors (Lipinski definition) is 3. The van der Waals surface area contributed by atoms with E-state index in [9.17, 15) is 9.59 Å². The zero-order valence-corrected chi connectivity index (χ0v) is 13.5. The molecule has 0 heterocycles. The lowest BCUT2D eigenvalue weighted by atomic mass is 10.1. The zero-order valence-electron chi connectivity index (χ0n) is 13.5. The molecule has 0 bridgehead atoms. The van der Waals surface area contributed by atoms with Crippen molar-refractivity contribution in [3.63, 3.8) is 0 Å². The summed E-state index contributed by atoms with van der Waals surface area (Å²) >= 11 is 0. The van der Waals surface area contributed by atoms with Gasteiger partial charge in [0.1, 0.15) is 5.75 Å². The number of carbonyl (C=O) groups is 2. The maximum atomic E-state index is 12.3. The van der Waals surface area contributed by atoms with E-state index >= 15 is 0 Å². The van der Waals surface area contributed by atoms with Gasteiger partial charge in [-0.25, -0.2) is 0 Å². The number of amides is 2. The Morgan fingerprint density at radius 1 is 1.13 bits per heavy atom. The lowest BCUT2D eigenvalue weighted by molar-refractivity contribution is -0.114. The van der Waals surface area contributed by atoms with Crippen molar-refractivity contribution in [2.24, 2.45) is 0 Å². The van der Waals surface area contributed by atoms with Crippen LogP contribution in [0, 0.1) is 6.92 Å². The van der Waals surface area contributed by atoms with Crippen molar-refractivity contribution in [2.45, 2.75) is 20.4 Å². The van der Waals surface area contributed by atoms with E-state index in [1.165, 1.54) is 14.0 Å². The van der Waals surface area contributed by atoms with Gasteiger partial charge in [0.15, 0.2) is 0 Å².